The number of fused-ring (bicyclic) bond motifs is 2. The first-order chi connectivity index (χ1) is 13.6. The van der Waals surface area contributed by atoms with Gasteiger partial charge in [-0.25, -0.2) is 8.42 Å². The summed E-state index contributed by atoms with van der Waals surface area (Å²) < 4.78 is 33.1. The van der Waals surface area contributed by atoms with E-state index in [9.17, 15) is 8.42 Å². The lowest BCUT2D eigenvalue weighted by Crippen LogP contribution is -2.35. The fourth-order valence-corrected chi connectivity index (χ4v) is 5.06. The number of pyridine rings is 1. The molecule has 5 rings (SSSR count). The summed E-state index contributed by atoms with van der Waals surface area (Å²) in [4.78, 5) is 4.14. The summed E-state index contributed by atoms with van der Waals surface area (Å²) in [6.07, 6.45) is 3.43. The minimum atomic E-state index is -3.62. The van der Waals surface area contributed by atoms with Crippen molar-refractivity contribution in [3.05, 3.63) is 78.3 Å². The SMILES string of the molecule is O=S(=O)(c1cccnc1)N1CCc2onc(-c3cccc4ccccc34)c2C1. The van der Waals surface area contributed by atoms with Crippen LogP contribution in [-0.4, -0.2) is 29.4 Å². The maximum absolute atomic E-state index is 13.0. The van der Waals surface area contributed by atoms with Crippen molar-refractivity contribution in [3.8, 4) is 11.3 Å². The Kier molecular flexibility index (Phi) is 3.99. The van der Waals surface area contributed by atoms with Gasteiger partial charge in [-0.3, -0.25) is 4.98 Å². The minimum absolute atomic E-state index is 0.196. The lowest BCUT2D eigenvalue weighted by atomic mass is 9.97. The Hall–Kier alpha value is -3.03. The van der Waals surface area contributed by atoms with Crippen LogP contribution in [0, 0.1) is 0 Å². The molecule has 1 aliphatic heterocycles. The molecule has 0 atom stereocenters. The molecule has 4 aromatic rings. The molecule has 140 valence electrons. The summed E-state index contributed by atoms with van der Waals surface area (Å²) in [5.41, 5.74) is 2.48. The van der Waals surface area contributed by atoms with E-state index >= 15 is 0 Å². The van der Waals surface area contributed by atoms with Crippen molar-refractivity contribution in [2.24, 2.45) is 0 Å². The van der Waals surface area contributed by atoms with Gasteiger partial charge in [-0.15, -0.1) is 0 Å². The Bertz CT molecular complexity index is 1260. The van der Waals surface area contributed by atoms with Crippen molar-refractivity contribution in [1.29, 1.82) is 0 Å². The van der Waals surface area contributed by atoms with Gasteiger partial charge in [0, 0.05) is 43.0 Å². The van der Waals surface area contributed by atoms with Gasteiger partial charge in [0.15, 0.2) is 0 Å². The van der Waals surface area contributed by atoms with Gasteiger partial charge in [0.2, 0.25) is 10.0 Å². The van der Waals surface area contributed by atoms with Gasteiger partial charge >= 0.3 is 0 Å². The highest BCUT2D eigenvalue weighted by molar-refractivity contribution is 7.89. The van der Waals surface area contributed by atoms with Gasteiger partial charge in [0.1, 0.15) is 16.3 Å². The number of nitrogens with zero attached hydrogens (tertiary/aromatic N) is 3. The van der Waals surface area contributed by atoms with Crippen LogP contribution in [-0.2, 0) is 23.0 Å². The van der Waals surface area contributed by atoms with Crippen LogP contribution in [0.1, 0.15) is 11.3 Å². The number of aromatic nitrogens is 2. The largest absolute Gasteiger partial charge is 0.360 e. The Balaban J connectivity index is 1.58. The topological polar surface area (TPSA) is 76.3 Å². The summed E-state index contributed by atoms with van der Waals surface area (Å²) in [5.74, 6) is 0.751. The fourth-order valence-electron chi connectivity index (χ4n) is 3.68. The molecule has 0 amide bonds. The predicted molar refractivity (Wildman–Crippen MR) is 105 cm³/mol. The molecule has 0 spiro atoms. The molecule has 0 bridgehead atoms. The van der Waals surface area contributed by atoms with E-state index < -0.39 is 10.0 Å². The minimum Gasteiger partial charge on any atom is -0.360 e. The highest BCUT2D eigenvalue weighted by Gasteiger charge is 2.33. The highest BCUT2D eigenvalue weighted by Crippen LogP contribution is 2.35. The standard InChI is InChI=1S/C21H17N3O3S/c25-28(26,16-7-4-11-22-13-16)24-12-10-20-19(14-24)21(23-27-20)18-9-3-6-15-5-1-2-8-17(15)18/h1-9,11,13H,10,12,14H2. The normalized spacial score (nSPS) is 14.9. The molecular formula is C21H17N3O3S. The van der Waals surface area contributed by atoms with Crippen LogP contribution in [0.4, 0.5) is 0 Å². The zero-order valence-electron chi connectivity index (χ0n) is 14.9. The first-order valence-electron chi connectivity index (χ1n) is 9.00. The van der Waals surface area contributed by atoms with E-state index in [1.807, 2.05) is 42.5 Å². The van der Waals surface area contributed by atoms with E-state index in [-0.39, 0.29) is 11.4 Å². The lowest BCUT2D eigenvalue weighted by Gasteiger charge is -2.25. The zero-order chi connectivity index (χ0) is 19.1. The van der Waals surface area contributed by atoms with Crippen molar-refractivity contribution in [3.63, 3.8) is 0 Å². The van der Waals surface area contributed by atoms with Crippen molar-refractivity contribution in [2.45, 2.75) is 17.9 Å². The molecule has 2 aromatic carbocycles. The second-order valence-corrected chi connectivity index (χ2v) is 8.67. The van der Waals surface area contributed by atoms with E-state index in [0.717, 1.165) is 27.7 Å². The molecule has 0 fully saturated rings. The summed E-state index contributed by atoms with van der Waals surface area (Å²) in [7, 11) is -3.62. The summed E-state index contributed by atoms with van der Waals surface area (Å²) in [6, 6.07) is 17.3. The third kappa shape index (κ3) is 2.71. The third-order valence-electron chi connectivity index (χ3n) is 5.11. The summed E-state index contributed by atoms with van der Waals surface area (Å²) in [6.45, 7) is 0.586. The van der Waals surface area contributed by atoms with Crippen molar-refractivity contribution < 1.29 is 12.9 Å². The maximum Gasteiger partial charge on any atom is 0.244 e. The molecule has 0 N–H and O–H groups in total. The van der Waals surface area contributed by atoms with Gasteiger partial charge in [-0.05, 0) is 22.9 Å². The first kappa shape index (κ1) is 17.1. The molecule has 0 saturated heterocycles. The van der Waals surface area contributed by atoms with Crippen LogP contribution in [0.5, 0.6) is 0 Å². The van der Waals surface area contributed by atoms with E-state index in [1.54, 1.807) is 18.3 Å². The van der Waals surface area contributed by atoms with Crippen LogP contribution in [0.3, 0.4) is 0 Å². The van der Waals surface area contributed by atoms with Crippen LogP contribution in [0.2, 0.25) is 0 Å². The second-order valence-electron chi connectivity index (χ2n) is 6.74. The predicted octanol–water partition coefficient (Wildman–Crippen LogP) is 3.64. The highest BCUT2D eigenvalue weighted by atomic mass is 32.2. The molecule has 0 unspecified atom stereocenters. The number of hydrogen-bond acceptors (Lipinski definition) is 5. The van der Waals surface area contributed by atoms with Gasteiger partial charge in [0.25, 0.3) is 0 Å². The Morgan fingerprint density at radius 2 is 1.86 bits per heavy atom. The van der Waals surface area contributed by atoms with Crippen molar-refractivity contribution in [2.75, 3.05) is 6.54 Å². The molecule has 0 radical (unpaired) electrons. The molecule has 2 aromatic heterocycles. The molecule has 0 aliphatic carbocycles. The summed E-state index contributed by atoms with van der Waals surface area (Å²) >= 11 is 0. The third-order valence-corrected chi connectivity index (χ3v) is 6.94. The first-order valence-corrected chi connectivity index (χ1v) is 10.4. The van der Waals surface area contributed by atoms with Gasteiger partial charge < -0.3 is 4.52 Å². The second kappa shape index (κ2) is 6.54. The van der Waals surface area contributed by atoms with Gasteiger partial charge in [-0.2, -0.15) is 4.31 Å². The number of hydrogen-bond donors (Lipinski definition) is 0. The van der Waals surface area contributed by atoms with Crippen LogP contribution in [0.25, 0.3) is 22.0 Å². The average molecular weight is 391 g/mol. The Morgan fingerprint density at radius 1 is 1.00 bits per heavy atom. The molecule has 1 aliphatic rings. The maximum atomic E-state index is 13.0. The molecular weight excluding hydrogens is 374 g/mol. The monoisotopic (exact) mass is 391 g/mol. The van der Waals surface area contributed by atoms with Crippen molar-refractivity contribution >= 4 is 20.8 Å². The van der Waals surface area contributed by atoms with Gasteiger partial charge in [0.05, 0.1) is 0 Å². The van der Waals surface area contributed by atoms with E-state index in [1.165, 1.54) is 10.5 Å². The van der Waals surface area contributed by atoms with E-state index in [0.29, 0.717) is 18.7 Å². The molecule has 28 heavy (non-hydrogen) atoms. The van der Waals surface area contributed by atoms with E-state index in [4.69, 9.17) is 4.52 Å². The lowest BCUT2D eigenvalue weighted by molar-refractivity contribution is 0.331. The fraction of sp³-hybridized carbons (Fsp3) is 0.143. The number of rotatable bonds is 3. The zero-order valence-corrected chi connectivity index (χ0v) is 15.8. The molecule has 0 saturated carbocycles. The smallest absolute Gasteiger partial charge is 0.244 e. The van der Waals surface area contributed by atoms with Gasteiger partial charge in [-0.1, -0.05) is 47.6 Å². The Labute approximate surface area is 162 Å². The summed E-state index contributed by atoms with van der Waals surface area (Å²) in [5, 5.41) is 6.47. The quantitative estimate of drug-likeness (QED) is 0.533. The Morgan fingerprint density at radius 3 is 2.71 bits per heavy atom. The molecule has 6 nitrogen and oxygen atoms in total. The molecule has 7 heteroatoms. The van der Waals surface area contributed by atoms with Crippen LogP contribution < -0.4 is 0 Å². The van der Waals surface area contributed by atoms with E-state index in [2.05, 4.69) is 10.1 Å². The van der Waals surface area contributed by atoms with Crippen LogP contribution in [0.15, 0.2) is 76.4 Å². The number of benzene rings is 2. The van der Waals surface area contributed by atoms with Crippen molar-refractivity contribution in [1.82, 2.24) is 14.4 Å². The average Bonchev–Trinajstić information content (AvgIpc) is 3.17. The van der Waals surface area contributed by atoms with Crippen LogP contribution >= 0.6 is 0 Å². The molecule has 3 heterocycles. The number of sulfonamides is 1.